The number of rotatable bonds is 11. The highest BCUT2D eigenvalue weighted by molar-refractivity contribution is 6.04. The summed E-state index contributed by atoms with van der Waals surface area (Å²) in [5.41, 5.74) is 11.3. The second kappa shape index (κ2) is 13.7. The molecule has 10 heteroatoms. The van der Waals surface area contributed by atoms with E-state index in [2.05, 4.69) is 10.6 Å². The van der Waals surface area contributed by atoms with Crippen molar-refractivity contribution in [3.05, 3.63) is 88.5 Å². The second-order valence-corrected chi connectivity index (χ2v) is 12.6. The first-order chi connectivity index (χ1) is 22.2. The monoisotopic (exact) mass is 623 g/mol. The molecule has 10 nitrogen and oxygen atoms in total. The Morgan fingerprint density at radius 1 is 1.02 bits per heavy atom. The van der Waals surface area contributed by atoms with Gasteiger partial charge in [-0.3, -0.25) is 19.2 Å². The van der Waals surface area contributed by atoms with E-state index in [0.717, 1.165) is 60.9 Å². The maximum Gasteiger partial charge on any atom is 0.262 e. The molecule has 3 aliphatic rings. The summed E-state index contributed by atoms with van der Waals surface area (Å²) in [6.07, 6.45) is 5.97. The predicted octanol–water partition coefficient (Wildman–Crippen LogP) is 4.87. The average molecular weight is 624 g/mol. The van der Waals surface area contributed by atoms with Crippen molar-refractivity contribution in [1.29, 1.82) is 0 Å². The van der Waals surface area contributed by atoms with Gasteiger partial charge in [0.05, 0.1) is 5.69 Å². The molecule has 0 radical (unpaired) electrons. The van der Waals surface area contributed by atoms with Gasteiger partial charge in [-0.1, -0.05) is 24.6 Å². The molecule has 3 aromatic carbocycles. The van der Waals surface area contributed by atoms with Crippen LogP contribution in [0.2, 0.25) is 0 Å². The number of ether oxygens (including phenoxy) is 1. The Kier molecular flexibility index (Phi) is 9.35. The maximum atomic E-state index is 13.5. The molecule has 1 atom stereocenters. The molecule has 6 rings (SSSR count). The lowest BCUT2D eigenvalue weighted by molar-refractivity contribution is -0.132. The zero-order chi connectivity index (χ0) is 32.2. The molecule has 2 heterocycles. The lowest BCUT2D eigenvalue weighted by Crippen LogP contribution is -2.35. The summed E-state index contributed by atoms with van der Waals surface area (Å²) < 4.78 is 5.50. The molecule has 0 spiro atoms. The molecule has 4 amide bonds. The third kappa shape index (κ3) is 7.56. The normalized spacial score (nSPS) is 16.0. The van der Waals surface area contributed by atoms with Crippen LogP contribution in [0.3, 0.4) is 0 Å². The number of fused-ring (bicyclic) bond motifs is 2. The van der Waals surface area contributed by atoms with E-state index in [9.17, 15) is 19.2 Å². The van der Waals surface area contributed by atoms with E-state index in [1.807, 2.05) is 47.1 Å². The minimum atomic E-state index is -0.216. The first-order valence-corrected chi connectivity index (χ1v) is 16.2. The minimum absolute atomic E-state index is 0.0691. The number of nitrogens with two attached hydrogens (primary N) is 1. The highest BCUT2D eigenvalue weighted by Gasteiger charge is 2.33. The quantitative estimate of drug-likeness (QED) is 0.261. The molecule has 1 fully saturated rings. The maximum absolute atomic E-state index is 13.5. The highest BCUT2D eigenvalue weighted by Crippen LogP contribution is 2.33. The predicted molar refractivity (Wildman–Crippen MR) is 176 cm³/mol. The van der Waals surface area contributed by atoms with Crippen molar-refractivity contribution < 1.29 is 23.9 Å². The Balaban J connectivity index is 1.03. The van der Waals surface area contributed by atoms with Crippen molar-refractivity contribution in [2.45, 2.75) is 77.0 Å². The smallest absolute Gasteiger partial charge is 0.262 e. The van der Waals surface area contributed by atoms with E-state index in [1.165, 1.54) is 0 Å². The van der Waals surface area contributed by atoms with Gasteiger partial charge in [0, 0.05) is 55.0 Å². The van der Waals surface area contributed by atoms with Crippen LogP contribution >= 0.6 is 0 Å². The van der Waals surface area contributed by atoms with E-state index in [4.69, 9.17) is 10.5 Å². The van der Waals surface area contributed by atoms with Crippen molar-refractivity contribution in [1.82, 2.24) is 9.80 Å². The van der Waals surface area contributed by atoms with Crippen LogP contribution in [-0.2, 0) is 29.1 Å². The molecule has 4 N–H and O–H groups in total. The molecule has 3 aromatic rings. The van der Waals surface area contributed by atoms with E-state index in [0.29, 0.717) is 48.6 Å². The fourth-order valence-corrected chi connectivity index (χ4v) is 6.03. The molecule has 240 valence electrons. The fraction of sp³-hybridized carbons (Fsp3) is 0.389. The van der Waals surface area contributed by atoms with Crippen molar-refractivity contribution in [2.24, 2.45) is 5.73 Å². The molecular weight excluding hydrogens is 582 g/mol. The third-order valence-electron chi connectivity index (χ3n) is 8.81. The van der Waals surface area contributed by atoms with E-state index in [1.54, 1.807) is 30.3 Å². The van der Waals surface area contributed by atoms with Crippen molar-refractivity contribution >= 4 is 35.0 Å². The molecule has 1 aliphatic carbocycles. The standard InChI is InChI=1S/C36H41N5O5/c1-23(37)4-2-3-5-34(43)40-17-16-26-18-29(12-10-28(26)21-40)38-35(44)25-8-6-24(7-9-25)20-41(30-13-14-30)36(45)27-11-15-31-32(19-27)46-22-33(42)39-31/h6-12,15,18-19,23,30H,2-5,13-14,16-17,20-22,37H2,1H3,(H,38,44)(H,39,42)/t23-/m0/s1. The molecule has 1 saturated carbocycles. The van der Waals surface area contributed by atoms with Gasteiger partial charge in [0.15, 0.2) is 6.61 Å². The largest absolute Gasteiger partial charge is 0.482 e. The van der Waals surface area contributed by atoms with Crippen LogP contribution in [0.25, 0.3) is 0 Å². The molecule has 0 aromatic heterocycles. The van der Waals surface area contributed by atoms with Gasteiger partial charge in [0.1, 0.15) is 5.75 Å². The first kappa shape index (κ1) is 31.3. The lowest BCUT2D eigenvalue weighted by Gasteiger charge is -2.29. The topological polar surface area (TPSA) is 134 Å². The van der Waals surface area contributed by atoms with Crippen LogP contribution in [0.15, 0.2) is 60.7 Å². The van der Waals surface area contributed by atoms with Crippen molar-refractivity contribution in [2.75, 3.05) is 23.8 Å². The molecule has 0 saturated heterocycles. The fourth-order valence-electron chi connectivity index (χ4n) is 6.03. The van der Waals surface area contributed by atoms with Gasteiger partial charge < -0.3 is 30.9 Å². The number of benzene rings is 3. The number of anilines is 2. The van der Waals surface area contributed by atoms with Crippen LogP contribution < -0.4 is 21.1 Å². The van der Waals surface area contributed by atoms with E-state index >= 15 is 0 Å². The summed E-state index contributed by atoms with van der Waals surface area (Å²) in [6, 6.07) is 18.7. The number of nitrogens with one attached hydrogen (secondary N) is 2. The zero-order valence-corrected chi connectivity index (χ0v) is 26.2. The summed E-state index contributed by atoms with van der Waals surface area (Å²) in [5, 5.41) is 5.76. The van der Waals surface area contributed by atoms with Crippen LogP contribution in [0.1, 0.15) is 82.9 Å². The van der Waals surface area contributed by atoms with Gasteiger partial charge in [-0.05, 0) is 98.2 Å². The van der Waals surface area contributed by atoms with E-state index < -0.39 is 0 Å². The number of unbranched alkanes of at least 4 members (excludes halogenated alkanes) is 1. The Hall–Kier alpha value is -4.70. The number of hydrogen-bond acceptors (Lipinski definition) is 6. The van der Waals surface area contributed by atoms with Gasteiger partial charge in [0.2, 0.25) is 5.91 Å². The summed E-state index contributed by atoms with van der Waals surface area (Å²) in [7, 11) is 0. The Morgan fingerprint density at radius 3 is 2.57 bits per heavy atom. The number of amides is 4. The Labute approximate surface area is 269 Å². The van der Waals surface area contributed by atoms with Crippen LogP contribution in [0, 0.1) is 0 Å². The van der Waals surface area contributed by atoms with Crippen LogP contribution in [-0.4, -0.2) is 58.7 Å². The van der Waals surface area contributed by atoms with Gasteiger partial charge in [-0.15, -0.1) is 0 Å². The van der Waals surface area contributed by atoms with Crippen LogP contribution in [0.4, 0.5) is 11.4 Å². The number of hydrogen-bond donors (Lipinski definition) is 3. The van der Waals surface area contributed by atoms with Crippen molar-refractivity contribution in [3.8, 4) is 5.75 Å². The lowest BCUT2D eigenvalue weighted by atomic mass is 9.98. The molecule has 0 unspecified atom stereocenters. The van der Waals surface area contributed by atoms with Gasteiger partial charge in [-0.2, -0.15) is 0 Å². The van der Waals surface area contributed by atoms with Gasteiger partial charge >= 0.3 is 0 Å². The zero-order valence-electron chi connectivity index (χ0n) is 26.2. The summed E-state index contributed by atoms with van der Waals surface area (Å²) in [6.45, 7) is 3.62. The SMILES string of the molecule is C[C@H](N)CCCCC(=O)N1CCc2cc(NC(=O)c3ccc(CN(C(=O)c4ccc5c(c4)OCC(=O)N5)C4CC4)cc3)ccc2C1. The highest BCUT2D eigenvalue weighted by atomic mass is 16.5. The van der Waals surface area contributed by atoms with E-state index in [-0.39, 0.29) is 42.3 Å². The number of carbonyl (C=O) groups is 4. The summed E-state index contributed by atoms with van der Waals surface area (Å²) >= 11 is 0. The third-order valence-corrected chi connectivity index (χ3v) is 8.81. The van der Waals surface area contributed by atoms with Crippen LogP contribution in [0.5, 0.6) is 5.75 Å². The Bertz CT molecular complexity index is 1630. The molecule has 2 aliphatic heterocycles. The summed E-state index contributed by atoms with van der Waals surface area (Å²) in [5.74, 6) is 0.163. The molecule has 46 heavy (non-hydrogen) atoms. The van der Waals surface area contributed by atoms with Gasteiger partial charge in [0.25, 0.3) is 17.7 Å². The molecule has 0 bridgehead atoms. The van der Waals surface area contributed by atoms with Crippen molar-refractivity contribution in [3.63, 3.8) is 0 Å². The summed E-state index contributed by atoms with van der Waals surface area (Å²) in [4.78, 5) is 54.7. The minimum Gasteiger partial charge on any atom is -0.482 e. The molecular formula is C36H41N5O5. The second-order valence-electron chi connectivity index (χ2n) is 12.6. The Morgan fingerprint density at radius 2 is 1.80 bits per heavy atom. The first-order valence-electron chi connectivity index (χ1n) is 16.2. The average Bonchev–Trinajstić information content (AvgIpc) is 3.90. The van der Waals surface area contributed by atoms with Gasteiger partial charge in [-0.25, -0.2) is 0 Å². The number of carbonyl (C=O) groups excluding carboxylic acids is 4. The number of nitrogens with zero attached hydrogens (tertiary/aromatic N) is 2.